The molecule has 0 saturated heterocycles. The third-order valence-electron chi connectivity index (χ3n) is 9.82. The van der Waals surface area contributed by atoms with Crippen molar-refractivity contribution in [3.63, 3.8) is 0 Å². The van der Waals surface area contributed by atoms with Crippen LogP contribution in [-0.4, -0.2) is 9.97 Å². The average molecular weight is 609 g/mol. The fraction of sp³-hybridized carbons (Fsp3) is 0. The minimum absolute atomic E-state index is 0.887. The highest BCUT2D eigenvalue weighted by atomic mass is 14.8. The molecule has 0 aliphatic heterocycles. The van der Waals surface area contributed by atoms with E-state index >= 15 is 0 Å². The zero-order valence-corrected chi connectivity index (χ0v) is 26.1. The molecule has 0 spiro atoms. The maximum absolute atomic E-state index is 5.16. The number of benzene rings is 8. The van der Waals surface area contributed by atoms with E-state index in [1.54, 1.807) is 0 Å². The molecule has 10 rings (SSSR count). The van der Waals surface area contributed by atoms with Gasteiger partial charge in [0, 0.05) is 11.1 Å². The molecule has 0 bridgehead atoms. The van der Waals surface area contributed by atoms with E-state index in [4.69, 9.17) is 9.97 Å². The van der Waals surface area contributed by atoms with E-state index in [1.807, 2.05) is 30.3 Å². The van der Waals surface area contributed by atoms with Crippen molar-refractivity contribution in [3.8, 4) is 67.0 Å². The second-order valence-electron chi connectivity index (χ2n) is 12.5. The van der Waals surface area contributed by atoms with E-state index in [1.165, 1.54) is 66.1 Å². The zero-order valence-electron chi connectivity index (χ0n) is 26.1. The molecule has 1 aromatic heterocycles. The van der Waals surface area contributed by atoms with Gasteiger partial charge in [0.2, 0.25) is 0 Å². The number of rotatable bonds is 3. The average Bonchev–Trinajstić information content (AvgIpc) is 3.29. The second kappa shape index (κ2) is 10.6. The third-order valence-corrected chi connectivity index (χ3v) is 9.82. The Morgan fingerprint density at radius 2 is 0.708 bits per heavy atom. The van der Waals surface area contributed by atoms with Gasteiger partial charge >= 0.3 is 0 Å². The standard InChI is InChI=1S/C46H28N2/c1-2-13-30(14-3-1)45-46(48-41-24-11-10-23-40(41)47-45)31-27-25-29(26-28-31)42-37-19-8-9-20-38(37)43-35-18-7-6-17-33(35)32-15-4-5-16-34(32)36-21-12-22-39(42)44(36)43/h1-28H. The molecule has 0 unspecified atom stereocenters. The van der Waals surface area contributed by atoms with E-state index in [-0.39, 0.29) is 0 Å². The van der Waals surface area contributed by atoms with Gasteiger partial charge in [-0.15, -0.1) is 0 Å². The van der Waals surface area contributed by atoms with Crippen molar-refractivity contribution >= 4 is 32.6 Å². The molecule has 2 heteroatoms. The molecule has 1 aliphatic carbocycles. The van der Waals surface area contributed by atoms with E-state index in [9.17, 15) is 0 Å². The summed E-state index contributed by atoms with van der Waals surface area (Å²) in [4.78, 5) is 10.3. The summed E-state index contributed by atoms with van der Waals surface area (Å²) < 4.78 is 0. The summed E-state index contributed by atoms with van der Waals surface area (Å²) in [7, 11) is 0. The van der Waals surface area contributed by atoms with Gasteiger partial charge < -0.3 is 0 Å². The predicted molar refractivity (Wildman–Crippen MR) is 201 cm³/mol. The number of fused-ring (bicyclic) bond motifs is 8. The fourth-order valence-corrected chi connectivity index (χ4v) is 7.73. The Labute approximate surface area is 278 Å². The van der Waals surface area contributed by atoms with Gasteiger partial charge in [0.05, 0.1) is 22.4 Å². The topological polar surface area (TPSA) is 25.8 Å². The summed E-state index contributed by atoms with van der Waals surface area (Å²) in [5.41, 5.74) is 15.8. The molecule has 8 aromatic carbocycles. The van der Waals surface area contributed by atoms with Gasteiger partial charge in [-0.1, -0.05) is 158 Å². The van der Waals surface area contributed by atoms with Crippen LogP contribution < -0.4 is 0 Å². The van der Waals surface area contributed by atoms with Crippen molar-refractivity contribution in [1.82, 2.24) is 9.97 Å². The molecule has 2 nitrogen and oxygen atoms in total. The van der Waals surface area contributed by atoms with Crippen LogP contribution >= 0.6 is 0 Å². The van der Waals surface area contributed by atoms with Crippen LogP contribution in [0.4, 0.5) is 0 Å². The molecule has 0 N–H and O–H groups in total. The van der Waals surface area contributed by atoms with Crippen LogP contribution in [0.3, 0.4) is 0 Å². The van der Waals surface area contributed by atoms with Crippen LogP contribution in [0.25, 0.3) is 99.6 Å². The van der Waals surface area contributed by atoms with Crippen molar-refractivity contribution in [2.45, 2.75) is 0 Å². The SMILES string of the molecule is c1ccc(-c2nc3ccccc3nc2-c2ccc(-c3c4ccccc4c4c5c(cccc35)-c3ccccc3-c3ccccc3-4)cc2)cc1. The summed E-state index contributed by atoms with van der Waals surface area (Å²) >= 11 is 0. The first-order chi connectivity index (χ1) is 23.8. The first-order valence-electron chi connectivity index (χ1n) is 16.4. The van der Waals surface area contributed by atoms with Crippen LogP contribution in [0.15, 0.2) is 170 Å². The van der Waals surface area contributed by atoms with Crippen LogP contribution in [-0.2, 0) is 0 Å². The molecule has 48 heavy (non-hydrogen) atoms. The number of hydrogen-bond acceptors (Lipinski definition) is 2. The Balaban J connectivity index is 1.24. The van der Waals surface area contributed by atoms with Gasteiger partial charge in [0.15, 0.2) is 0 Å². The maximum atomic E-state index is 5.16. The van der Waals surface area contributed by atoms with Crippen molar-refractivity contribution in [2.75, 3.05) is 0 Å². The van der Waals surface area contributed by atoms with Gasteiger partial charge in [-0.05, 0) is 78.2 Å². The van der Waals surface area contributed by atoms with E-state index in [0.29, 0.717) is 0 Å². The lowest BCUT2D eigenvalue weighted by Crippen LogP contribution is -1.95. The lowest BCUT2D eigenvalue weighted by atomic mass is 9.84. The van der Waals surface area contributed by atoms with Crippen molar-refractivity contribution < 1.29 is 0 Å². The first-order valence-corrected chi connectivity index (χ1v) is 16.4. The summed E-state index contributed by atoms with van der Waals surface area (Å²) in [6, 6.07) is 60.9. The Bertz CT molecular complexity index is 2710. The molecule has 9 aromatic rings. The normalized spacial score (nSPS) is 11.8. The summed E-state index contributed by atoms with van der Waals surface area (Å²) in [6.07, 6.45) is 0. The summed E-state index contributed by atoms with van der Waals surface area (Å²) in [5, 5.41) is 5.08. The Morgan fingerprint density at radius 1 is 0.271 bits per heavy atom. The molecule has 222 valence electrons. The summed E-state index contributed by atoms with van der Waals surface area (Å²) in [6.45, 7) is 0. The lowest BCUT2D eigenvalue weighted by molar-refractivity contribution is 1.29. The minimum Gasteiger partial charge on any atom is -0.244 e. The van der Waals surface area contributed by atoms with Crippen molar-refractivity contribution in [2.24, 2.45) is 0 Å². The highest BCUT2D eigenvalue weighted by Crippen LogP contribution is 2.52. The predicted octanol–water partition coefficient (Wildman–Crippen LogP) is 12.3. The number of hydrogen-bond donors (Lipinski definition) is 0. The smallest absolute Gasteiger partial charge is 0.0973 e. The van der Waals surface area contributed by atoms with E-state index in [0.717, 1.165) is 33.5 Å². The molecular weight excluding hydrogens is 581 g/mol. The van der Waals surface area contributed by atoms with Gasteiger partial charge in [-0.2, -0.15) is 0 Å². The van der Waals surface area contributed by atoms with Gasteiger partial charge in [0.1, 0.15) is 0 Å². The van der Waals surface area contributed by atoms with Crippen LogP contribution in [0.5, 0.6) is 0 Å². The van der Waals surface area contributed by atoms with Crippen LogP contribution in [0, 0.1) is 0 Å². The molecule has 0 amide bonds. The molecule has 0 radical (unpaired) electrons. The molecule has 1 heterocycles. The second-order valence-corrected chi connectivity index (χ2v) is 12.5. The molecule has 0 fully saturated rings. The zero-order chi connectivity index (χ0) is 31.6. The summed E-state index contributed by atoms with van der Waals surface area (Å²) in [5.74, 6) is 0. The first kappa shape index (κ1) is 26.8. The third kappa shape index (κ3) is 4.00. The Kier molecular flexibility index (Phi) is 5.91. The number of nitrogens with zero attached hydrogens (tertiary/aromatic N) is 2. The Hall–Kier alpha value is -6.38. The van der Waals surface area contributed by atoms with Crippen molar-refractivity contribution in [3.05, 3.63) is 170 Å². The molecule has 1 aliphatic rings. The van der Waals surface area contributed by atoms with Crippen LogP contribution in [0.1, 0.15) is 0 Å². The van der Waals surface area contributed by atoms with Gasteiger partial charge in [0.25, 0.3) is 0 Å². The molecule has 0 atom stereocenters. The van der Waals surface area contributed by atoms with Gasteiger partial charge in [-0.25, -0.2) is 9.97 Å². The highest BCUT2D eigenvalue weighted by Gasteiger charge is 2.25. The number of aromatic nitrogens is 2. The van der Waals surface area contributed by atoms with Crippen molar-refractivity contribution in [1.29, 1.82) is 0 Å². The fourth-order valence-electron chi connectivity index (χ4n) is 7.73. The molecule has 0 saturated carbocycles. The van der Waals surface area contributed by atoms with Crippen LogP contribution in [0.2, 0.25) is 0 Å². The van der Waals surface area contributed by atoms with E-state index < -0.39 is 0 Å². The monoisotopic (exact) mass is 608 g/mol. The largest absolute Gasteiger partial charge is 0.244 e. The highest BCUT2D eigenvalue weighted by molar-refractivity contribution is 6.27. The Morgan fingerprint density at radius 3 is 1.38 bits per heavy atom. The minimum atomic E-state index is 0.887. The lowest BCUT2D eigenvalue weighted by Gasteiger charge is -2.19. The maximum Gasteiger partial charge on any atom is 0.0973 e. The molecular formula is C46H28N2. The quantitative estimate of drug-likeness (QED) is 0.187. The van der Waals surface area contributed by atoms with E-state index in [2.05, 4.69) is 140 Å². The van der Waals surface area contributed by atoms with Gasteiger partial charge in [-0.3, -0.25) is 0 Å². The number of para-hydroxylation sites is 2.